The lowest BCUT2D eigenvalue weighted by molar-refractivity contribution is -0.118. The molecule has 1 heterocycles. The van der Waals surface area contributed by atoms with E-state index in [0.29, 0.717) is 18.1 Å². The molecule has 0 spiro atoms. The monoisotopic (exact) mass is 260 g/mol. The largest absolute Gasteiger partial charge is 0.483 e. The van der Waals surface area contributed by atoms with Gasteiger partial charge in [0, 0.05) is 25.2 Å². The highest BCUT2D eigenvalue weighted by Gasteiger charge is 2.07. The molecule has 2 aromatic rings. The second-order valence-electron chi connectivity index (χ2n) is 3.99. The summed E-state index contributed by atoms with van der Waals surface area (Å²) in [5, 5.41) is 6.66. The van der Waals surface area contributed by atoms with Crippen molar-refractivity contribution in [2.75, 3.05) is 11.9 Å². The first-order valence-corrected chi connectivity index (χ1v) is 5.89. The topological polar surface area (TPSA) is 82.2 Å². The van der Waals surface area contributed by atoms with Crippen LogP contribution in [0.25, 0.3) is 0 Å². The fraction of sp³-hybridized carbons (Fsp3) is 0.231. The summed E-state index contributed by atoms with van der Waals surface area (Å²) < 4.78 is 7.03. The summed E-state index contributed by atoms with van der Waals surface area (Å²) >= 11 is 0. The molecule has 0 saturated carbocycles. The Hall–Kier alpha value is -2.34. The van der Waals surface area contributed by atoms with E-state index in [1.165, 1.54) is 0 Å². The lowest BCUT2D eigenvalue weighted by atomic mass is 10.2. The Morgan fingerprint density at radius 3 is 2.89 bits per heavy atom. The van der Waals surface area contributed by atoms with Crippen LogP contribution in [0.5, 0.6) is 5.75 Å². The molecule has 0 aliphatic rings. The van der Waals surface area contributed by atoms with E-state index >= 15 is 0 Å². The minimum absolute atomic E-state index is 0.0673. The molecule has 0 aliphatic heterocycles. The van der Waals surface area contributed by atoms with E-state index in [0.717, 1.165) is 5.56 Å². The zero-order valence-corrected chi connectivity index (χ0v) is 10.7. The fourth-order valence-corrected chi connectivity index (χ4v) is 1.63. The molecule has 1 aromatic heterocycles. The quantitative estimate of drug-likeness (QED) is 0.836. The van der Waals surface area contributed by atoms with E-state index in [9.17, 15) is 4.79 Å². The van der Waals surface area contributed by atoms with Crippen LogP contribution in [0, 0.1) is 0 Å². The maximum Gasteiger partial charge on any atom is 0.263 e. The van der Waals surface area contributed by atoms with E-state index in [-0.39, 0.29) is 12.5 Å². The number of nitrogens with zero attached hydrogens (tertiary/aromatic N) is 2. The molecule has 0 saturated heterocycles. The number of para-hydroxylation sites is 1. The molecule has 6 heteroatoms. The molecule has 0 aliphatic carbocycles. The van der Waals surface area contributed by atoms with Crippen LogP contribution in [0.4, 0.5) is 5.82 Å². The summed E-state index contributed by atoms with van der Waals surface area (Å²) in [6.45, 7) is 0.307. The van der Waals surface area contributed by atoms with Crippen LogP contribution in [-0.2, 0) is 18.4 Å². The van der Waals surface area contributed by atoms with Crippen molar-refractivity contribution in [2.45, 2.75) is 6.54 Å². The Morgan fingerprint density at radius 1 is 1.42 bits per heavy atom. The van der Waals surface area contributed by atoms with Gasteiger partial charge in [0.05, 0.1) is 6.20 Å². The molecule has 0 unspecified atom stereocenters. The number of ether oxygens (including phenoxy) is 1. The zero-order valence-electron chi connectivity index (χ0n) is 10.7. The average Bonchev–Trinajstić information content (AvgIpc) is 2.82. The molecule has 19 heavy (non-hydrogen) atoms. The van der Waals surface area contributed by atoms with Crippen LogP contribution in [-0.4, -0.2) is 22.3 Å². The standard InChI is InChI=1S/C13H16N4O2/c1-17-12(6-7-15-17)16-13(18)9-19-11-5-3-2-4-10(11)8-14/h2-7H,8-9,14H2,1H3,(H,16,18). The smallest absolute Gasteiger partial charge is 0.263 e. The van der Waals surface area contributed by atoms with Crippen LogP contribution >= 0.6 is 0 Å². The predicted molar refractivity (Wildman–Crippen MR) is 71.7 cm³/mol. The first kappa shape index (κ1) is 13.1. The highest BCUT2D eigenvalue weighted by molar-refractivity contribution is 5.91. The maximum absolute atomic E-state index is 11.7. The van der Waals surface area contributed by atoms with Gasteiger partial charge in [0.25, 0.3) is 5.91 Å². The number of carbonyl (C=O) groups excluding carboxylic acids is 1. The van der Waals surface area contributed by atoms with Gasteiger partial charge in [-0.25, -0.2) is 0 Å². The van der Waals surface area contributed by atoms with E-state index in [2.05, 4.69) is 10.4 Å². The number of nitrogens with one attached hydrogen (secondary N) is 1. The van der Waals surface area contributed by atoms with Gasteiger partial charge in [-0.2, -0.15) is 5.10 Å². The van der Waals surface area contributed by atoms with Gasteiger partial charge in [-0.3, -0.25) is 9.48 Å². The normalized spacial score (nSPS) is 10.2. The van der Waals surface area contributed by atoms with E-state index in [4.69, 9.17) is 10.5 Å². The summed E-state index contributed by atoms with van der Waals surface area (Å²) in [7, 11) is 1.75. The van der Waals surface area contributed by atoms with Crippen molar-refractivity contribution in [3.8, 4) is 5.75 Å². The Bertz CT molecular complexity index is 565. The molecule has 1 amide bonds. The van der Waals surface area contributed by atoms with Gasteiger partial charge in [0.15, 0.2) is 6.61 Å². The number of aryl methyl sites for hydroxylation is 1. The zero-order chi connectivity index (χ0) is 13.7. The van der Waals surface area contributed by atoms with E-state index in [1.54, 1.807) is 30.1 Å². The fourth-order valence-electron chi connectivity index (χ4n) is 1.63. The van der Waals surface area contributed by atoms with Gasteiger partial charge in [0.1, 0.15) is 11.6 Å². The van der Waals surface area contributed by atoms with Crippen LogP contribution in [0.3, 0.4) is 0 Å². The van der Waals surface area contributed by atoms with Crippen LogP contribution in [0.2, 0.25) is 0 Å². The number of anilines is 1. The second-order valence-corrected chi connectivity index (χ2v) is 3.99. The first-order valence-electron chi connectivity index (χ1n) is 5.89. The molecule has 0 fully saturated rings. The van der Waals surface area contributed by atoms with Gasteiger partial charge in [0.2, 0.25) is 0 Å². The summed E-state index contributed by atoms with van der Waals surface area (Å²) in [6.07, 6.45) is 1.61. The van der Waals surface area contributed by atoms with Gasteiger partial charge < -0.3 is 15.8 Å². The summed E-state index contributed by atoms with van der Waals surface area (Å²) in [5.74, 6) is 1.02. The molecule has 0 atom stereocenters. The van der Waals surface area contributed by atoms with Gasteiger partial charge in [-0.1, -0.05) is 18.2 Å². The molecule has 3 N–H and O–H groups in total. The van der Waals surface area contributed by atoms with Crippen molar-refractivity contribution < 1.29 is 9.53 Å². The molecule has 0 radical (unpaired) electrons. The second kappa shape index (κ2) is 6.01. The number of hydrogen-bond acceptors (Lipinski definition) is 4. The van der Waals surface area contributed by atoms with Crippen molar-refractivity contribution in [1.82, 2.24) is 9.78 Å². The summed E-state index contributed by atoms with van der Waals surface area (Å²) in [5.41, 5.74) is 6.47. The Labute approximate surface area is 111 Å². The lowest BCUT2D eigenvalue weighted by Gasteiger charge is -2.10. The highest BCUT2D eigenvalue weighted by atomic mass is 16.5. The third-order valence-corrected chi connectivity index (χ3v) is 2.64. The molecule has 1 aromatic carbocycles. The van der Waals surface area contributed by atoms with Crippen molar-refractivity contribution >= 4 is 11.7 Å². The minimum Gasteiger partial charge on any atom is -0.483 e. The summed E-state index contributed by atoms with van der Waals surface area (Å²) in [4.78, 5) is 11.7. The van der Waals surface area contributed by atoms with E-state index in [1.807, 2.05) is 18.2 Å². The number of amides is 1. The van der Waals surface area contributed by atoms with Crippen molar-refractivity contribution in [1.29, 1.82) is 0 Å². The number of nitrogens with two attached hydrogens (primary N) is 1. The van der Waals surface area contributed by atoms with Crippen molar-refractivity contribution in [3.05, 3.63) is 42.1 Å². The molecule has 2 rings (SSSR count). The van der Waals surface area contributed by atoms with Gasteiger partial charge >= 0.3 is 0 Å². The Morgan fingerprint density at radius 2 is 2.21 bits per heavy atom. The van der Waals surface area contributed by atoms with Crippen molar-refractivity contribution in [3.63, 3.8) is 0 Å². The van der Waals surface area contributed by atoms with Crippen LogP contribution in [0.1, 0.15) is 5.56 Å². The Balaban J connectivity index is 1.92. The maximum atomic E-state index is 11.7. The molecular weight excluding hydrogens is 244 g/mol. The molecule has 100 valence electrons. The number of benzene rings is 1. The number of rotatable bonds is 5. The third kappa shape index (κ3) is 3.32. The minimum atomic E-state index is -0.240. The van der Waals surface area contributed by atoms with Crippen LogP contribution < -0.4 is 15.8 Å². The predicted octanol–water partition coefficient (Wildman–Crippen LogP) is 0.896. The van der Waals surface area contributed by atoms with Crippen molar-refractivity contribution in [2.24, 2.45) is 12.8 Å². The molecule has 0 bridgehead atoms. The highest BCUT2D eigenvalue weighted by Crippen LogP contribution is 2.16. The molecular formula is C13H16N4O2. The number of hydrogen-bond donors (Lipinski definition) is 2. The summed E-state index contributed by atoms with van der Waals surface area (Å²) in [6, 6.07) is 9.10. The van der Waals surface area contributed by atoms with Crippen LogP contribution in [0.15, 0.2) is 36.5 Å². The number of aromatic nitrogens is 2. The third-order valence-electron chi connectivity index (χ3n) is 2.64. The average molecular weight is 260 g/mol. The van der Waals surface area contributed by atoms with E-state index < -0.39 is 0 Å². The first-order chi connectivity index (χ1) is 9.20. The number of carbonyl (C=O) groups is 1. The van der Waals surface area contributed by atoms with Gasteiger partial charge in [-0.15, -0.1) is 0 Å². The van der Waals surface area contributed by atoms with Gasteiger partial charge in [-0.05, 0) is 6.07 Å². The lowest BCUT2D eigenvalue weighted by Crippen LogP contribution is -2.22. The molecule has 6 nitrogen and oxygen atoms in total. The Kier molecular flexibility index (Phi) is 4.15. The SMILES string of the molecule is Cn1nccc1NC(=O)COc1ccccc1CN.